The van der Waals surface area contributed by atoms with E-state index in [1.165, 1.54) is 0 Å². The van der Waals surface area contributed by atoms with Crippen LogP contribution in [0, 0.1) is 23.2 Å². The van der Waals surface area contributed by atoms with E-state index in [4.69, 9.17) is 23.5 Å². The molecule has 284 valence electrons. The molecule has 7 atom stereocenters. The molecule has 3 N–H and O–H groups in total. The second-order valence-electron chi connectivity index (χ2n) is 16.2. The molecule has 2 bridgehead atoms. The van der Waals surface area contributed by atoms with Gasteiger partial charge in [-0.1, -0.05) is 76.2 Å². The Morgan fingerprint density at radius 3 is 2.23 bits per heavy atom. The first-order valence-corrected chi connectivity index (χ1v) is 18.9. The fourth-order valence-electron chi connectivity index (χ4n) is 8.88. The van der Waals surface area contributed by atoms with Gasteiger partial charge in [-0.25, -0.2) is 0 Å². The first-order chi connectivity index (χ1) is 25.3. The second kappa shape index (κ2) is 15.6. The van der Waals surface area contributed by atoms with Crippen LogP contribution in [-0.2, 0) is 25.3 Å². The molecule has 0 radical (unpaired) electrons. The molecule has 0 spiro atoms. The van der Waals surface area contributed by atoms with Crippen molar-refractivity contribution in [2.24, 2.45) is 23.2 Å². The lowest BCUT2D eigenvalue weighted by Gasteiger charge is -2.64. The van der Waals surface area contributed by atoms with Gasteiger partial charge in [0, 0.05) is 17.7 Å². The lowest BCUT2D eigenvalue weighted by molar-refractivity contribution is -0.199. The van der Waals surface area contributed by atoms with Gasteiger partial charge in [-0.3, -0.25) is 9.59 Å². The van der Waals surface area contributed by atoms with Gasteiger partial charge in [0.15, 0.2) is 11.5 Å². The lowest BCUT2D eigenvalue weighted by atomic mass is 9.43. The zero-order chi connectivity index (χ0) is 38.1. The van der Waals surface area contributed by atoms with Gasteiger partial charge in [-0.15, -0.1) is 0 Å². The summed E-state index contributed by atoms with van der Waals surface area (Å²) in [5.41, 5.74) is 3.39. The Morgan fingerprint density at radius 1 is 0.849 bits per heavy atom. The number of nitrogens with one attached hydrogen (secondary N) is 3. The maximum atomic E-state index is 14.2. The Balaban J connectivity index is 1.20. The van der Waals surface area contributed by atoms with E-state index in [0.29, 0.717) is 35.5 Å². The normalized spacial score (nSPS) is 24.3. The summed E-state index contributed by atoms with van der Waals surface area (Å²) < 4.78 is 30.3. The van der Waals surface area contributed by atoms with Crippen LogP contribution in [0.2, 0.25) is 0 Å². The van der Waals surface area contributed by atoms with Gasteiger partial charge >= 0.3 is 7.12 Å². The van der Waals surface area contributed by atoms with Gasteiger partial charge in [0.25, 0.3) is 0 Å². The molecule has 3 aromatic rings. The van der Waals surface area contributed by atoms with E-state index >= 15 is 0 Å². The van der Waals surface area contributed by atoms with Gasteiger partial charge in [0.2, 0.25) is 17.6 Å². The molecule has 53 heavy (non-hydrogen) atoms. The van der Waals surface area contributed by atoms with Gasteiger partial charge in [-0.2, -0.15) is 0 Å². The lowest BCUT2D eigenvalue weighted by Crippen LogP contribution is -2.65. The molecule has 11 heteroatoms. The quantitative estimate of drug-likeness (QED) is 0.148. The average molecular weight is 726 g/mol. The smallest absolute Gasteiger partial charge is 0.481 e. The van der Waals surface area contributed by atoms with Crippen LogP contribution in [0.15, 0.2) is 66.7 Å². The van der Waals surface area contributed by atoms with Crippen LogP contribution < -0.4 is 30.2 Å². The molecule has 4 fully saturated rings. The van der Waals surface area contributed by atoms with E-state index in [-0.39, 0.29) is 47.2 Å². The molecule has 4 aliphatic rings. The molecule has 3 unspecified atom stereocenters. The van der Waals surface area contributed by atoms with E-state index in [2.05, 4.69) is 50.6 Å². The zero-order valence-electron chi connectivity index (χ0n) is 32.7. The molecule has 1 saturated heterocycles. The van der Waals surface area contributed by atoms with Gasteiger partial charge in [0.1, 0.15) is 12.1 Å². The van der Waals surface area contributed by atoms with Crippen molar-refractivity contribution in [3.63, 3.8) is 0 Å². The van der Waals surface area contributed by atoms with Crippen molar-refractivity contribution < 1.29 is 33.1 Å². The van der Waals surface area contributed by atoms with E-state index in [0.717, 1.165) is 35.2 Å². The van der Waals surface area contributed by atoms with Gasteiger partial charge < -0.3 is 39.5 Å². The summed E-state index contributed by atoms with van der Waals surface area (Å²) in [7, 11) is 4.11. The molecule has 3 saturated carbocycles. The molecule has 2 amide bonds. The summed E-state index contributed by atoms with van der Waals surface area (Å²) in [6, 6.07) is 20.0. The summed E-state index contributed by atoms with van der Waals surface area (Å²) in [6.07, 6.45) is 3.05. The number of carbonyl (C=O) groups is 2. The topological polar surface area (TPSA) is 116 Å². The van der Waals surface area contributed by atoms with E-state index < -0.39 is 19.2 Å². The van der Waals surface area contributed by atoms with Crippen LogP contribution in [0.25, 0.3) is 11.1 Å². The summed E-state index contributed by atoms with van der Waals surface area (Å²) >= 11 is 0. The van der Waals surface area contributed by atoms with E-state index in [9.17, 15) is 9.59 Å². The fraction of sp³-hybridized carbons (Fsp3) is 0.524. The number of rotatable bonds is 15. The molecule has 3 aromatic carbocycles. The van der Waals surface area contributed by atoms with Crippen molar-refractivity contribution in [3.05, 3.63) is 72.3 Å². The highest BCUT2D eigenvalue weighted by Crippen LogP contribution is 2.65. The number of methoxy groups -OCH3 is 3. The van der Waals surface area contributed by atoms with Crippen LogP contribution >= 0.6 is 0 Å². The first-order valence-electron chi connectivity index (χ1n) is 18.9. The fourth-order valence-corrected chi connectivity index (χ4v) is 8.88. The summed E-state index contributed by atoms with van der Waals surface area (Å²) in [5, 5.41) is 9.65. The van der Waals surface area contributed by atoms with Crippen molar-refractivity contribution in [1.29, 1.82) is 0 Å². The first kappa shape index (κ1) is 38.5. The number of amides is 2. The molecule has 1 aliphatic heterocycles. The minimum absolute atomic E-state index is 0.00811. The largest absolute Gasteiger partial charge is 0.493 e. The third kappa shape index (κ3) is 7.74. The molecule has 10 nitrogen and oxygen atoms in total. The van der Waals surface area contributed by atoms with Crippen LogP contribution in [-0.4, -0.2) is 70.0 Å². The van der Waals surface area contributed by atoms with Crippen molar-refractivity contribution >= 4 is 24.6 Å². The Kier molecular flexibility index (Phi) is 11.4. The molecule has 0 aromatic heterocycles. The molecular formula is C42H56BN3O7. The van der Waals surface area contributed by atoms with Crippen LogP contribution in [0.3, 0.4) is 0 Å². The van der Waals surface area contributed by atoms with Crippen molar-refractivity contribution in [3.8, 4) is 28.4 Å². The van der Waals surface area contributed by atoms with Crippen LogP contribution in [0.5, 0.6) is 17.2 Å². The number of carbonyl (C=O) groups excluding carboxylic acids is 2. The highest BCUT2D eigenvalue weighted by Gasteiger charge is 2.68. The number of hydrogen-bond acceptors (Lipinski definition) is 8. The number of ether oxygens (including phenoxy) is 3. The minimum atomic E-state index is -0.838. The number of anilines is 1. The summed E-state index contributed by atoms with van der Waals surface area (Å²) in [6.45, 7) is 12.8. The van der Waals surface area contributed by atoms with Crippen molar-refractivity contribution in [1.82, 2.24) is 10.6 Å². The maximum Gasteiger partial charge on any atom is 0.481 e. The summed E-state index contributed by atoms with van der Waals surface area (Å²) in [4.78, 5) is 28.1. The predicted molar refractivity (Wildman–Crippen MR) is 208 cm³/mol. The summed E-state index contributed by atoms with van der Waals surface area (Å²) in [5.74, 6) is 1.75. The Morgan fingerprint density at radius 2 is 1.57 bits per heavy atom. The standard InChI is InChI=1S/C42H56BN3O7/c1-25(2)20-36(43-52-35-24-30-23-34(41(30,4)5)42(35,6)53-43)46-39(47)26(3)44-40(48)32(22-29-18-19-33(49-7)38(51-9)37(29)50-8)45-31-17-13-16-28(21-31)27-14-11-10-12-15-27/h10-19,21,25-26,30,32,34-36,45H,20,22-24H2,1-9H3,(H,44,48)(H,46,47)/t26?,30?,32-,34-,35-,36?,42+/m0/s1. The molecule has 7 rings (SSSR count). The SMILES string of the molecule is COc1ccc(C[C@H](Nc2cccc(-c3ccccc3)c2)C(=O)NC(C)C(=O)NC(CC(C)C)B2O[C@H]3CC4C[C@@H](C4(C)C)[C@@]3(C)O2)c(OC)c1OC. The van der Waals surface area contributed by atoms with Crippen molar-refractivity contribution in [2.75, 3.05) is 26.6 Å². The molecule has 3 aliphatic carbocycles. The van der Waals surface area contributed by atoms with Crippen LogP contribution in [0.1, 0.15) is 66.4 Å². The third-order valence-electron chi connectivity index (χ3n) is 11.9. The Labute approximate surface area is 315 Å². The van der Waals surface area contributed by atoms with Crippen LogP contribution in [0.4, 0.5) is 5.69 Å². The zero-order valence-corrected chi connectivity index (χ0v) is 32.7. The van der Waals surface area contributed by atoms with Gasteiger partial charge in [0.05, 0.1) is 39.0 Å². The average Bonchev–Trinajstić information content (AvgIpc) is 3.51. The minimum Gasteiger partial charge on any atom is -0.493 e. The van der Waals surface area contributed by atoms with E-state index in [1.807, 2.05) is 60.7 Å². The second-order valence-corrected chi connectivity index (χ2v) is 16.2. The highest BCUT2D eigenvalue weighted by molar-refractivity contribution is 6.48. The molecule has 1 heterocycles. The Bertz CT molecular complexity index is 1770. The number of hydrogen-bond donors (Lipinski definition) is 3. The van der Waals surface area contributed by atoms with E-state index in [1.54, 1.807) is 34.3 Å². The Hall–Kier alpha value is -4.22. The maximum absolute atomic E-state index is 14.2. The van der Waals surface area contributed by atoms with Gasteiger partial charge in [-0.05, 0) is 85.6 Å². The monoisotopic (exact) mass is 725 g/mol. The highest BCUT2D eigenvalue weighted by atomic mass is 16.7. The predicted octanol–water partition coefficient (Wildman–Crippen LogP) is 6.71. The van der Waals surface area contributed by atoms with Crippen molar-refractivity contribution in [2.45, 2.75) is 97.0 Å². The molecular weight excluding hydrogens is 669 g/mol. The third-order valence-corrected chi connectivity index (χ3v) is 11.9. The number of benzene rings is 3.